The van der Waals surface area contributed by atoms with E-state index in [0.29, 0.717) is 26.6 Å². The first kappa shape index (κ1) is 14.6. The highest BCUT2D eigenvalue weighted by molar-refractivity contribution is 7.21. The minimum atomic E-state index is -0.540. The fourth-order valence-corrected chi connectivity index (χ4v) is 3.83. The molecule has 0 fully saturated rings. The lowest BCUT2D eigenvalue weighted by molar-refractivity contribution is 0.100. The van der Waals surface area contributed by atoms with E-state index in [1.807, 2.05) is 31.2 Å². The normalized spacial score (nSPS) is 11.2. The molecule has 0 spiro atoms. The monoisotopic (exact) mass is 334 g/mol. The van der Waals surface area contributed by atoms with Crippen LogP contribution in [0, 0.1) is 6.92 Å². The molecule has 118 valence electrons. The smallest absolute Gasteiger partial charge is 0.260 e. The zero-order valence-electron chi connectivity index (χ0n) is 12.9. The fraction of sp³-hybridized carbons (Fsp3) is 0.0556. The Bertz CT molecular complexity index is 1120. The van der Waals surface area contributed by atoms with E-state index in [2.05, 4.69) is 28.2 Å². The number of nitrogens with zero attached hydrogens (tertiary/aromatic N) is 2. The standard InChI is InChI=1S/C18H14N4OS/c1-9-13-14(19)15(16(20)23)24-18(13)22-17(21-9)12-7-6-10-4-2-3-5-11(10)8-12/h2-8H,19H2,1H3,(H2,20,23). The number of anilines is 1. The number of aryl methyl sites for hydroxylation is 1. The number of thiophene rings is 1. The van der Waals surface area contributed by atoms with Gasteiger partial charge in [0.15, 0.2) is 5.82 Å². The van der Waals surface area contributed by atoms with Gasteiger partial charge in [-0.25, -0.2) is 9.97 Å². The van der Waals surface area contributed by atoms with Crippen molar-refractivity contribution in [2.75, 3.05) is 5.73 Å². The van der Waals surface area contributed by atoms with Gasteiger partial charge in [0.2, 0.25) is 0 Å². The van der Waals surface area contributed by atoms with Crippen LogP contribution >= 0.6 is 11.3 Å². The minimum absolute atomic E-state index is 0.332. The van der Waals surface area contributed by atoms with Crippen molar-refractivity contribution in [1.82, 2.24) is 9.97 Å². The predicted molar refractivity (Wildman–Crippen MR) is 98.0 cm³/mol. The average molecular weight is 334 g/mol. The summed E-state index contributed by atoms with van der Waals surface area (Å²) < 4.78 is 0. The second-order valence-electron chi connectivity index (χ2n) is 5.58. The van der Waals surface area contributed by atoms with E-state index in [0.717, 1.165) is 22.0 Å². The Morgan fingerprint density at radius 3 is 2.58 bits per heavy atom. The highest BCUT2D eigenvalue weighted by atomic mass is 32.1. The van der Waals surface area contributed by atoms with Crippen molar-refractivity contribution in [3.8, 4) is 11.4 Å². The number of fused-ring (bicyclic) bond motifs is 2. The molecule has 0 bridgehead atoms. The molecule has 2 aromatic carbocycles. The number of carbonyl (C=O) groups excluding carboxylic acids is 1. The van der Waals surface area contributed by atoms with Gasteiger partial charge in [-0.15, -0.1) is 11.3 Å². The van der Waals surface area contributed by atoms with E-state index >= 15 is 0 Å². The van der Waals surface area contributed by atoms with Crippen molar-refractivity contribution in [1.29, 1.82) is 0 Å². The second-order valence-corrected chi connectivity index (χ2v) is 6.58. The third-order valence-electron chi connectivity index (χ3n) is 4.00. The first-order chi connectivity index (χ1) is 11.5. The highest BCUT2D eigenvalue weighted by Crippen LogP contribution is 2.35. The Balaban J connectivity index is 1.94. The van der Waals surface area contributed by atoms with E-state index in [4.69, 9.17) is 11.5 Å². The Morgan fingerprint density at radius 2 is 1.83 bits per heavy atom. The van der Waals surface area contributed by atoms with Gasteiger partial charge < -0.3 is 11.5 Å². The summed E-state index contributed by atoms with van der Waals surface area (Å²) in [6.45, 7) is 1.86. The number of amides is 1. The molecule has 6 heteroatoms. The zero-order valence-corrected chi connectivity index (χ0v) is 13.7. The molecule has 0 aliphatic heterocycles. The molecule has 24 heavy (non-hydrogen) atoms. The van der Waals surface area contributed by atoms with E-state index in [1.54, 1.807) is 0 Å². The van der Waals surface area contributed by atoms with Crippen LogP contribution < -0.4 is 11.5 Å². The Kier molecular flexibility index (Phi) is 3.21. The van der Waals surface area contributed by atoms with Gasteiger partial charge in [-0.3, -0.25) is 4.79 Å². The molecule has 0 saturated carbocycles. The van der Waals surface area contributed by atoms with Crippen molar-refractivity contribution in [2.24, 2.45) is 5.73 Å². The van der Waals surface area contributed by atoms with Gasteiger partial charge in [-0.1, -0.05) is 36.4 Å². The number of nitrogens with two attached hydrogens (primary N) is 2. The summed E-state index contributed by atoms with van der Waals surface area (Å²) in [7, 11) is 0. The molecule has 2 heterocycles. The van der Waals surface area contributed by atoms with Crippen molar-refractivity contribution in [3.63, 3.8) is 0 Å². The van der Waals surface area contributed by atoms with Crippen LogP contribution in [0.4, 0.5) is 5.69 Å². The summed E-state index contributed by atoms with van der Waals surface area (Å²) in [6.07, 6.45) is 0. The van der Waals surface area contributed by atoms with Gasteiger partial charge in [0.1, 0.15) is 9.71 Å². The largest absolute Gasteiger partial charge is 0.397 e. The van der Waals surface area contributed by atoms with Gasteiger partial charge in [-0.2, -0.15) is 0 Å². The number of hydrogen-bond acceptors (Lipinski definition) is 5. The molecule has 1 amide bonds. The van der Waals surface area contributed by atoms with E-state index in [1.165, 1.54) is 11.3 Å². The first-order valence-electron chi connectivity index (χ1n) is 7.40. The van der Waals surface area contributed by atoms with Gasteiger partial charge in [-0.05, 0) is 23.8 Å². The maximum Gasteiger partial charge on any atom is 0.260 e. The topological polar surface area (TPSA) is 94.9 Å². The van der Waals surface area contributed by atoms with Crippen LogP contribution in [0.5, 0.6) is 0 Å². The fourth-order valence-electron chi connectivity index (χ4n) is 2.84. The van der Waals surface area contributed by atoms with Gasteiger partial charge in [0.05, 0.1) is 16.8 Å². The highest BCUT2D eigenvalue weighted by Gasteiger charge is 2.18. The van der Waals surface area contributed by atoms with E-state index in [9.17, 15) is 4.79 Å². The Morgan fingerprint density at radius 1 is 1.08 bits per heavy atom. The van der Waals surface area contributed by atoms with Crippen molar-refractivity contribution >= 4 is 43.9 Å². The molecular weight excluding hydrogens is 320 g/mol. The minimum Gasteiger partial charge on any atom is -0.397 e. The van der Waals surface area contributed by atoms with Crippen LogP contribution in [-0.2, 0) is 0 Å². The molecule has 0 radical (unpaired) electrons. The summed E-state index contributed by atoms with van der Waals surface area (Å²) in [6, 6.07) is 14.2. The van der Waals surface area contributed by atoms with Crippen LogP contribution in [0.25, 0.3) is 32.4 Å². The summed E-state index contributed by atoms with van der Waals surface area (Å²) in [5, 5.41) is 2.99. The van der Waals surface area contributed by atoms with Crippen molar-refractivity contribution < 1.29 is 4.79 Å². The first-order valence-corrected chi connectivity index (χ1v) is 8.22. The number of primary amides is 1. The third kappa shape index (κ3) is 2.19. The summed E-state index contributed by atoms with van der Waals surface area (Å²) in [4.78, 5) is 21.7. The number of nitrogen functional groups attached to an aromatic ring is 1. The molecule has 0 saturated heterocycles. The van der Waals surface area contributed by atoms with Gasteiger partial charge in [0.25, 0.3) is 5.91 Å². The quantitative estimate of drug-likeness (QED) is 0.586. The van der Waals surface area contributed by atoms with Crippen LogP contribution in [0.2, 0.25) is 0 Å². The maximum absolute atomic E-state index is 11.5. The molecule has 4 rings (SSSR count). The Hall–Kier alpha value is -2.99. The SMILES string of the molecule is Cc1nc(-c2ccc3ccccc3c2)nc2sc(C(N)=O)c(N)c12. The lowest BCUT2D eigenvalue weighted by Crippen LogP contribution is -2.10. The summed E-state index contributed by atoms with van der Waals surface area (Å²) in [5.41, 5.74) is 13.4. The van der Waals surface area contributed by atoms with Crippen LogP contribution in [0.15, 0.2) is 42.5 Å². The van der Waals surface area contributed by atoms with E-state index < -0.39 is 5.91 Å². The van der Waals surface area contributed by atoms with Crippen molar-refractivity contribution in [2.45, 2.75) is 6.92 Å². The lowest BCUT2D eigenvalue weighted by atomic mass is 10.1. The molecule has 4 aromatic rings. The Labute approximate surface area is 142 Å². The lowest BCUT2D eigenvalue weighted by Gasteiger charge is -2.05. The molecule has 4 N–H and O–H groups in total. The van der Waals surface area contributed by atoms with Gasteiger partial charge >= 0.3 is 0 Å². The molecule has 0 aliphatic rings. The number of carbonyl (C=O) groups is 1. The van der Waals surface area contributed by atoms with Crippen molar-refractivity contribution in [3.05, 3.63) is 53.0 Å². The van der Waals surface area contributed by atoms with E-state index in [-0.39, 0.29) is 0 Å². The van der Waals surface area contributed by atoms with Crippen LogP contribution in [0.1, 0.15) is 15.4 Å². The maximum atomic E-state index is 11.5. The summed E-state index contributed by atoms with van der Waals surface area (Å²) in [5.74, 6) is 0.0742. The van der Waals surface area contributed by atoms with Crippen LogP contribution in [0.3, 0.4) is 0 Å². The predicted octanol–water partition coefficient (Wildman–Crippen LogP) is 3.50. The van der Waals surface area contributed by atoms with Gasteiger partial charge in [0, 0.05) is 5.56 Å². The molecule has 0 atom stereocenters. The third-order valence-corrected chi connectivity index (χ3v) is 5.11. The summed E-state index contributed by atoms with van der Waals surface area (Å²) >= 11 is 1.21. The molecule has 2 aromatic heterocycles. The molecular formula is C18H14N4OS. The number of benzene rings is 2. The zero-order chi connectivity index (χ0) is 16.8. The second kappa shape index (κ2) is 5.28. The molecule has 0 unspecified atom stereocenters. The average Bonchev–Trinajstić information content (AvgIpc) is 2.92. The number of aromatic nitrogens is 2. The number of rotatable bonds is 2. The molecule has 0 aliphatic carbocycles. The molecule has 5 nitrogen and oxygen atoms in total. The number of hydrogen-bond donors (Lipinski definition) is 2. The van der Waals surface area contributed by atoms with Crippen LogP contribution in [-0.4, -0.2) is 15.9 Å².